The van der Waals surface area contributed by atoms with Gasteiger partial charge in [-0.15, -0.1) is 0 Å². The van der Waals surface area contributed by atoms with Crippen LogP contribution in [-0.2, 0) is 0 Å². The van der Waals surface area contributed by atoms with Gasteiger partial charge in [0.05, 0.1) is 5.76 Å². The zero-order valence-corrected chi connectivity index (χ0v) is 4.15. The molecule has 0 radical (unpaired) electrons. The fourth-order valence-electron chi connectivity index (χ4n) is 0.524. The quantitative estimate of drug-likeness (QED) is 0.463. The van der Waals surface area contributed by atoms with E-state index in [1.54, 1.807) is 0 Å². The van der Waals surface area contributed by atoms with Crippen molar-refractivity contribution >= 4 is 0 Å². The largest absolute Gasteiger partial charge is 0.513 e. The van der Waals surface area contributed by atoms with Crippen LogP contribution in [0.3, 0.4) is 0 Å². The van der Waals surface area contributed by atoms with Gasteiger partial charge in [0, 0.05) is 19.0 Å². The van der Waals surface area contributed by atoms with Gasteiger partial charge in [0.1, 0.15) is 0 Å². The molecule has 40 valence electrons. The third-order valence-electron chi connectivity index (χ3n) is 1.25. The molecule has 0 amide bonds. The SMILES string of the molecule is C=C(O)C1CNC1. The summed E-state index contributed by atoms with van der Waals surface area (Å²) in [7, 11) is 0. The lowest BCUT2D eigenvalue weighted by Crippen LogP contribution is -2.42. The second-order valence-electron chi connectivity index (χ2n) is 1.85. The molecule has 0 atom stereocenters. The highest BCUT2D eigenvalue weighted by Gasteiger charge is 2.18. The molecule has 2 N–H and O–H groups in total. The third-order valence-corrected chi connectivity index (χ3v) is 1.25. The van der Waals surface area contributed by atoms with Gasteiger partial charge >= 0.3 is 0 Å². The van der Waals surface area contributed by atoms with Crippen LogP contribution in [0.2, 0.25) is 0 Å². The summed E-state index contributed by atoms with van der Waals surface area (Å²) in [5.74, 6) is 0.652. The molecule has 0 bridgehead atoms. The van der Waals surface area contributed by atoms with E-state index < -0.39 is 0 Å². The second-order valence-corrected chi connectivity index (χ2v) is 1.85. The summed E-state index contributed by atoms with van der Waals surface area (Å²) in [6, 6.07) is 0. The van der Waals surface area contributed by atoms with Crippen molar-refractivity contribution in [1.82, 2.24) is 5.32 Å². The van der Waals surface area contributed by atoms with Crippen molar-refractivity contribution in [2.45, 2.75) is 0 Å². The van der Waals surface area contributed by atoms with Crippen molar-refractivity contribution in [2.75, 3.05) is 13.1 Å². The van der Waals surface area contributed by atoms with E-state index in [4.69, 9.17) is 5.11 Å². The number of hydrogen-bond acceptors (Lipinski definition) is 2. The van der Waals surface area contributed by atoms with E-state index in [-0.39, 0.29) is 0 Å². The van der Waals surface area contributed by atoms with Gasteiger partial charge in [-0.05, 0) is 0 Å². The fraction of sp³-hybridized carbons (Fsp3) is 0.600. The molecule has 1 fully saturated rings. The first kappa shape index (κ1) is 4.65. The van der Waals surface area contributed by atoms with E-state index in [9.17, 15) is 0 Å². The Morgan fingerprint density at radius 3 is 2.29 bits per heavy atom. The number of aliphatic hydroxyl groups excluding tert-OH is 1. The lowest BCUT2D eigenvalue weighted by Gasteiger charge is -2.25. The Hall–Kier alpha value is -0.500. The van der Waals surface area contributed by atoms with Crippen LogP contribution in [-0.4, -0.2) is 18.2 Å². The van der Waals surface area contributed by atoms with Gasteiger partial charge in [0.2, 0.25) is 0 Å². The van der Waals surface area contributed by atoms with Crippen LogP contribution in [0.25, 0.3) is 0 Å². The predicted molar refractivity (Wildman–Crippen MR) is 28.1 cm³/mol. The van der Waals surface area contributed by atoms with Crippen molar-refractivity contribution in [2.24, 2.45) is 5.92 Å². The Kier molecular flexibility index (Phi) is 1.02. The van der Waals surface area contributed by atoms with E-state index in [1.807, 2.05) is 0 Å². The zero-order valence-electron chi connectivity index (χ0n) is 4.15. The van der Waals surface area contributed by atoms with Crippen LogP contribution in [0.15, 0.2) is 12.3 Å². The average molecular weight is 99.1 g/mol. The summed E-state index contributed by atoms with van der Waals surface area (Å²) in [5, 5.41) is 11.7. The molecule has 0 saturated carbocycles. The van der Waals surface area contributed by atoms with Gasteiger partial charge in [0.25, 0.3) is 0 Å². The molecule has 7 heavy (non-hydrogen) atoms. The standard InChI is InChI=1S/C5H9NO/c1-4(7)5-2-6-3-5/h5-7H,1-3H2. The molecule has 0 spiro atoms. The lowest BCUT2D eigenvalue weighted by atomic mass is 10.0. The van der Waals surface area contributed by atoms with E-state index in [0.717, 1.165) is 13.1 Å². The summed E-state index contributed by atoms with van der Waals surface area (Å²) in [4.78, 5) is 0. The molecule has 1 rings (SSSR count). The molecule has 2 heteroatoms. The first-order valence-electron chi connectivity index (χ1n) is 2.39. The number of rotatable bonds is 1. The monoisotopic (exact) mass is 99.1 g/mol. The lowest BCUT2D eigenvalue weighted by molar-refractivity contribution is 0.268. The maximum Gasteiger partial charge on any atom is 0.0907 e. The van der Waals surface area contributed by atoms with Crippen LogP contribution in [0.1, 0.15) is 0 Å². The van der Waals surface area contributed by atoms with Gasteiger partial charge in [-0.2, -0.15) is 0 Å². The van der Waals surface area contributed by atoms with Crippen LogP contribution >= 0.6 is 0 Å². The highest BCUT2D eigenvalue weighted by atomic mass is 16.3. The molecular formula is C5H9NO. The van der Waals surface area contributed by atoms with E-state index in [0.29, 0.717) is 11.7 Å². The Labute approximate surface area is 42.8 Å². The molecule has 1 heterocycles. The molecule has 0 aromatic carbocycles. The Morgan fingerprint density at radius 2 is 2.29 bits per heavy atom. The van der Waals surface area contributed by atoms with Crippen molar-refractivity contribution in [3.63, 3.8) is 0 Å². The van der Waals surface area contributed by atoms with Gasteiger partial charge in [0.15, 0.2) is 0 Å². The van der Waals surface area contributed by atoms with Crippen molar-refractivity contribution in [3.8, 4) is 0 Å². The number of nitrogens with one attached hydrogen (secondary N) is 1. The van der Waals surface area contributed by atoms with Crippen LogP contribution in [0, 0.1) is 5.92 Å². The Bertz CT molecular complexity index is 86.1. The topological polar surface area (TPSA) is 32.3 Å². The molecule has 1 aliphatic heterocycles. The highest BCUT2D eigenvalue weighted by molar-refractivity contribution is 4.96. The summed E-state index contributed by atoms with van der Waals surface area (Å²) in [5.41, 5.74) is 0. The molecule has 1 saturated heterocycles. The molecular weight excluding hydrogens is 90.1 g/mol. The van der Waals surface area contributed by atoms with Gasteiger partial charge in [-0.3, -0.25) is 0 Å². The molecule has 0 aliphatic carbocycles. The summed E-state index contributed by atoms with van der Waals surface area (Å²) in [6.07, 6.45) is 0. The smallest absolute Gasteiger partial charge is 0.0907 e. The van der Waals surface area contributed by atoms with E-state index in [1.165, 1.54) is 0 Å². The molecule has 0 aromatic rings. The Morgan fingerprint density at radius 1 is 1.71 bits per heavy atom. The second kappa shape index (κ2) is 1.54. The minimum absolute atomic E-state index is 0.318. The maximum atomic E-state index is 8.64. The maximum absolute atomic E-state index is 8.64. The molecule has 1 aliphatic rings. The van der Waals surface area contributed by atoms with Gasteiger partial charge < -0.3 is 10.4 Å². The van der Waals surface area contributed by atoms with Crippen molar-refractivity contribution in [3.05, 3.63) is 12.3 Å². The number of hydrogen-bond donors (Lipinski definition) is 2. The van der Waals surface area contributed by atoms with Gasteiger partial charge in [-0.1, -0.05) is 6.58 Å². The van der Waals surface area contributed by atoms with E-state index >= 15 is 0 Å². The average Bonchev–Trinajstić information content (AvgIpc) is 1.23. The highest BCUT2D eigenvalue weighted by Crippen LogP contribution is 2.08. The molecule has 0 aromatic heterocycles. The predicted octanol–water partition coefficient (Wildman–Crippen LogP) is 0.278. The normalized spacial score (nSPS) is 21.1. The molecule has 2 nitrogen and oxygen atoms in total. The van der Waals surface area contributed by atoms with Crippen molar-refractivity contribution < 1.29 is 5.11 Å². The fourth-order valence-corrected chi connectivity index (χ4v) is 0.524. The van der Waals surface area contributed by atoms with Crippen LogP contribution in [0.5, 0.6) is 0 Å². The van der Waals surface area contributed by atoms with Crippen LogP contribution < -0.4 is 5.32 Å². The third kappa shape index (κ3) is 0.747. The first-order valence-corrected chi connectivity index (χ1v) is 2.39. The number of aliphatic hydroxyl groups is 1. The van der Waals surface area contributed by atoms with Crippen LogP contribution in [0.4, 0.5) is 0 Å². The van der Waals surface area contributed by atoms with Gasteiger partial charge in [-0.25, -0.2) is 0 Å². The Balaban J connectivity index is 2.27. The first-order chi connectivity index (χ1) is 3.30. The minimum atomic E-state index is 0.318. The van der Waals surface area contributed by atoms with Crippen molar-refractivity contribution in [1.29, 1.82) is 0 Å². The summed E-state index contributed by atoms with van der Waals surface area (Å²) >= 11 is 0. The van der Waals surface area contributed by atoms with E-state index in [2.05, 4.69) is 11.9 Å². The summed E-state index contributed by atoms with van der Waals surface area (Å²) in [6.45, 7) is 5.19. The summed E-state index contributed by atoms with van der Waals surface area (Å²) < 4.78 is 0. The zero-order chi connectivity index (χ0) is 5.28. The molecule has 0 unspecified atom stereocenters. The minimum Gasteiger partial charge on any atom is -0.513 e.